The molecule has 0 radical (unpaired) electrons. The first kappa shape index (κ1) is 26.6. The largest absolute Gasteiger partial charge is 0.399 e. The van der Waals surface area contributed by atoms with Gasteiger partial charge in [-0.05, 0) is 66.1 Å². The molecular weight excluding hydrogens is 553 g/mol. The number of rotatable bonds is 4. The third-order valence-electron chi connectivity index (χ3n) is 9.38. The molecule has 0 fully saturated rings. The summed E-state index contributed by atoms with van der Waals surface area (Å²) in [6, 6.07) is 38.3. The van der Waals surface area contributed by atoms with Crippen molar-refractivity contribution in [3.63, 3.8) is 0 Å². The van der Waals surface area contributed by atoms with Crippen molar-refractivity contribution in [2.45, 2.75) is 30.5 Å². The number of benzene rings is 5. The van der Waals surface area contributed by atoms with Crippen LogP contribution in [0.3, 0.4) is 0 Å². The summed E-state index contributed by atoms with van der Waals surface area (Å²) in [7, 11) is 0. The molecule has 0 saturated heterocycles. The lowest BCUT2D eigenvalue weighted by Gasteiger charge is -2.34. The highest BCUT2D eigenvalue weighted by Crippen LogP contribution is 2.51. The van der Waals surface area contributed by atoms with Crippen LogP contribution in [0.5, 0.6) is 0 Å². The number of aromatic nitrogens is 1. The summed E-state index contributed by atoms with van der Waals surface area (Å²) in [5.41, 5.74) is 6.26. The third-order valence-corrected chi connectivity index (χ3v) is 9.38. The molecule has 0 amide bonds. The zero-order valence-corrected chi connectivity index (χ0v) is 24.0. The average Bonchev–Trinajstić information content (AvgIpc) is 3.51. The van der Waals surface area contributed by atoms with Crippen molar-refractivity contribution < 1.29 is 13.2 Å². The van der Waals surface area contributed by atoms with Gasteiger partial charge in [-0.3, -0.25) is 0 Å². The number of fused-ring (bicyclic) bond motifs is 6. The second-order valence-electron chi connectivity index (χ2n) is 11.9. The minimum Gasteiger partial charge on any atom is -0.333 e. The Morgan fingerprint density at radius 1 is 0.636 bits per heavy atom. The van der Waals surface area contributed by atoms with Crippen molar-refractivity contribution in [1.82, 2.24) is 4.57 Å². The zero-order chi connectivity index (χ0) is 30.1. The van der Waals surface area contributed by atoms with E-state index in [0.29, 0.717) is 0 Å². The van der Waals surface area contributed by atoms with Gasteiger partial charge in [-0.2, -0.15) is 13.2 Å². The van der Waals surface area contributed by atoms with Gasteiger partial charge in [-0.25, -0.2) is 0 Å². The highest BCUT2D eigenvalue weighted by Gasteiger charge is 2.46. The fourth-order valence-corrected chi connectivity index (χ4v) is 7.33. The highest BCUT2D eigenvalue weighted by atomic mass is 19.4. The minimum atomic E-state index is -4.45. The van der Waals surface area contributed by atoms with Gasteiger partial charge >= 0.3 is 6.18 Å². The number of allylic oxidation sites excluding steroid dienone is 2. The van der Waals surface area contributed by atoms with E-state index in [1.54, 1.807) is 36.4 Å². The molecule has 5 heteroatoms. The van der Waals surface area contributed by atoms with E-state index < -0.39 is 12.1 Å². The molecule has 2 heterocycles. The first-order valence-corrected chi connectivity index (χ1v) is 14.8. The number of halogens is 3. The summed E-state index contributed by atoms with van der Waals surface area (Å²) in [4.78, 5) is 2.24. The van der Waals surface area contributed by atoms with Crippen molar-refractivity contribution in [1.29, 1.82) is 0 Å². The Morgan fingerprint density at radius 2 is 1.18 bits per heavy atom. The van der Waals surface area contributed by atoms with Gasteiger partial charge in [-0.15, -0.1) is 0 Å². The maximum absolute atomic E-state index is 14.7. The van der Waals surface area contributed by atoms with Crippen molar-refractivity contribution in [3.8, 4) is 5.69 Å². The molecular formula is C39H29F3N2. The normalized spacial score (nSPS) is 19.8. The summed E-state index contributed by atoms with van der Waals surface area (Å²) in [6.45, 7) is 2.22. The fourth-order valence-electron chi connectivity index (χ4n) is 7.33. The van der Waals surface area contributed by atoms with E-state index in [4.69, 9.17) is 0 Å². The van der Waals surface area contributed by atoms with Gasteiger partial charge in [-0.1, -0.05) is 103 Å². The molecule has 1 aliphatic carbocycles. The quantitative estimate of drug-likeness (QED) is 0.201. The van der Waals surface area contributed by atoms with Gasteiger partial charge in [0.25, 0.3) is 0 Å². The van der Waals surface area contributed by atoms with E-state index in [0.717, 1.165) is 38.9 Å². The molecule has 216 valence electrons. The number of hydrogen-bond acceptors (Lipinski definition) is 1. The van der Waals surface area contributed by atoms with Crippen LogP contribution < -0.4 is 4.90 Å². The van der Waals surface area contributed by atoms with Gasteiger partial charge in [0.15, 0.2) is 0 Å². The van der Waals surface area contributed by atoms with Gasteiger partial charge in [0.2, 0.25) is 0 Å². The molecule has 0 saturated carbocycles. The highest BCUT2D eigenvalue weighted by molar-refractivity contribution is 6.09. The minimum absolute atomic E-state index is 0.0440. The maximum Gasteiger partial charge on any atom is 0.399 e. The average molecular weight is 583 g/mol. The summed E-state index contributed by atoms with van der Waals surface area (Å²) >= 11 is 0. The molecule has 3 unspecified atom stereocenters. The lowest BCUT2D eigenvalue weighted by Crippen LogP contribution is -2.39. The first-order chi connectivity index (χ1) is 21.3. The standard InChI is InChI=1S/C39H29F3N2/c1-38-25-9-8-16-36(38)44(35-15-7-4-12-32(35)38)29-23-19-27(20-24-29)37(39(40,41)42)26-17-21-28(22-18-26)43-33-13-5-2-10-30(33)31-11-3-6-14-34(31)43/h2-25,36-37H,1H3. The summed E-state index contributed by atoms with van der Waals surface area (Å²) in [6.07, 6.45) is 4.05. The van der Waals surface area contributed by atoms with Gasteiger partial charge in [0, 0.05) is 33.2 Å². The van der Waals surface area contributed by atoms with Crippen molar-refractivity contribution >= 4 is 33.2 Å². The Hall–Kier alpha value is -5.03. The Morgan fingerprint density at radius 3 is 1.80 bits per heavy atom. The molecule has 0 spiro atoms. The number of anilines is 2. The molecule has 2 nitrogen and oxygen atoms in total. The Labute approximate surface area is 254 Å². The van der Waals surface area contributed by atoms with Crippen LogP contribution >= 0.6 is 0 Å². The smallest absolute Gasteiger partial charge is 0.333 e. The number of para-hydroxylation sites is 3. The van der Waals surface area contributed by atoms with Crippen LogP contribution in [0.25, 0.3) is 27.5 Å². The Bertz CT molecular complexity index is 2030. The predicted octanol–water partition coefficient (Wildman–Crippen LogP) is 10.4. The Balaban J connectivity index is 1.16. The van der Waals surface area contributed by atoms with Crippen LogP contribution in [0, 0.1) is 0 Å². The third kappa shape index (κ3) is 3.96. The lowest BCUT2D eigenvalue weighted by atomic mass is 9.76. The van der Waals surface area contributed by atoms with Crippen molar-refractivity contribution in [2.24, 2.45) is 0 Å². The predicted molar refractivity (Wildman–Crippen MR) is 173 cm³/mol. The van der Waals surface area contributed by atoms with Crippen molar-refractivity contribution in [2.75, 3.05) is 4.90 Å². The number of nitrogens with zero attached hydrogens (tertiary/aromatic N) is 2. The van der Waals surface area contributed by atoms with Crippen LogP contribution in [0.4, 0.5) is 24.5 Å². The molecule has 2 aliphatic rings. The molecule has 0 bridgehead atoms. The van der Waals surface area contributed by atoms with E-state index in [1.165, 1.54) is 5.56 Å². The molecule has 1 aromatic heterocycles. The van der Waals surface area contributed by atoms with E-state index in [9.17, 15) is 13.2 Å². The molecule has 5 aromatic carbocycles. The van der Waals surface area contributed by atoms with Gasteiger partial charge in [0.1, 0.15) is 5.92 Å². The first-order valence-electron chi connectivity index (χ1n) is 14.8. The van der Waals surface area contributed by atoms with Crippen molar-refractivity contribution in [3.05, 3.63) is 162 Å². The Kier molecular flexibility index (Phi) is 5.89. The van der Waals surface area contributed by atoms with Crippen LogP contribution in [0.2, 0.25) is 0 Å². The van der Waals surface area contributed by atoms with E-state index in [-0.39, 0.29) is 22.6 Å². The van der Waals surface area contributed by atoms with Gasteiger partial charge in [0.05, 0.1) is 17.1 Å². The second kappa shape index (κ2) is 9.75. The molecule has 1 aliphatic heterocycles. The topological polar surface area (TPSA) is 8.17 Å². The van der Waals surface area contributed by atoms with E-state index in [1.807, 2.05) is 66.7 Å². The molecule has 6 aromatic rings. The lowest BCUT2D eigenvalue weighted by molar-refractivity contribution is -0.141. The van der Waals surface area contributed by atoms with E-state index in [2.05, 4.69) is 58.9 Å². The van der Waals surface area contributed by atoms with Crippen LogP contribution in [0.15, 0.2) is 146 Å². The maximum atomic E-state index is 14.7. The van der Waals surface area contributed by atoms with E-state index >= 15 is 0 Å². The second-order valence-corrected chi connectivity index (χ2v) is 11.9. The molecule has 3 atom stereocenters. The van der Waals surface area contributed by atoms with Crippen LogP contribution in [-0.4, -0.2) is 16.8 Å². The summed E-state index contributed by atoms with van der Waals surface area (Å²) in [5, 5.41) is 2.22. The summed E-state index contributed by atoms with van der Waals surface area (Å²) in [5.74, 6) is -1.74. The van der Waals surface area contributed by atoms with Crippen LogP contribution in [-0.2, 0) is 5.41 Å². The fraction of sp³-hybridized carbons (Fsp3) is 0.128. The SMILES string of the molecule is CC12C=CC=CC1N(c1ccc(C(c3ccc(-n4c5ccccc5c5ccccc54)cc3)C(F)(F)F)cc1)c1ccccc12. The number of hydrogen-bond donors (Lipinski definition) is 0. The number of alkyl halides is 3. The molecule has 0 N–H and O–H groups in total. The monoisotopic (exact) mass is 582 g/mol. The zero-order valence-electron chi connectivity index (χ0n) is 24.0. The van der Waals surface area contributed by atoms with Gasteiger partial charge < -0.3 is 9.47 Å². The summed E-state index contributed by atoms with van der Waals surface area (Å²) < 4.78 is 46.3. The molecule has 8 rings (SSSR count). The molecule has 44 heavy (non-hydrogen) atoms. The van der Waals surface area contributed by atoms with Crippen LogP contribution in [0.1, 0.15) is 29.5 Å².